The summed E-state index contributed by atoms with van der Waals surface area (Å²) in [7, 11) is 0. The number of esters is 1. The van der Waals surface area contributed by atoms with Gasteiger partial charge in [-0.2, -0.15) is 5.10 Å². The van der Waals surface area contributed by atoms with Gasteiger partial charge in [0.25, 0.3) is 0 Å². The molecule has 2 rings (SSSR count). The summed E-state index contributed by atoms with van der Waals surface area (Å²) in [4.78, 5) is 36.9. The third-order valence-corrected chi connectivity index (χ3v) is 3.25. The molecule has 0 bridgehead atoms. The Morgan fingerprint density at radius 1 is 1.39 bits per heavy atom. The SMILES string of the molecule is CCOC(=O)C1CN(C(=O)OC(C)(C)C)c2c(C=O)cnn2C1. The maximum Gasteiger partial charge on any atom is 0.416 e. The van der Waals surface area contributed by atoms with Crippen LogP contribution in [-0.2, 0) is 20.8 Å². The van der Waals surface area contributed by atoms with Crippen molar-refractivity contribution in [2.75, 3.05) is 18.1 Å². The van der Waals surface area contributed by atoms with Crippen LogP contribution in [0.3, 0.4) is 0 Å². The van der Waals surface area contributed by atoms with Gasteiger partial charge in [-0.25, -0.2) is 9.48 Å². The molecule has 0 saturated carbocycles. The van der Waals surface area contributed by atoms with Crippen LogP contribution in [-0.4, -0.2) is 46.9 Å². The minimum Gasteiger partial charge on any atom is -0.466 e. The van der Waals surface area contributed by atoms with Crippen molar-refractivity contribution in [3.63, 3.8) is 0 Å². The highest BCUT2D eigenvalue weighted by Gasteiger charge is 2.37. The first-order valence-electron chi connectivity index (χ1n) is 7.45. The molecule has 1 unspecified atom stereocenters. The van der Waals surface area contributed by atoms with E-state index in [0.717, 1.165) is 0 Å². The topological polar surface area (TPSA) is 90.7 Å². The Labute approximate surface area is 134 Å². The van der Waals surface area contributed by atoms with Crippen LogP contribution < -0.4 is 4.90 Å². The van der Waals surface area contributed by atoms with Gasteiger partial charge in [0.15, 0.2) is 6.29 Å². The molecular weight excluding hydrogens is 302 g/mol. The van der Waals surface area contributed by atoms with Crippen molar-refractivity contribution in [3.05, 3.63) is 11.8 Å². The molecule has 1 atom stereocenters. The van der Waals surface area contributed by atoms with Crippen molar-refractivity contribution in [3.8, 4) is 0 Å². The normalized spacial score (nSPS) is 17.4. The van der Waals surface area contributed by atoms with E-state index in [0.29, 0.717) is 12.1 Å². The number of carbonyl (C=O) groups is 3. The van der Waals surface area contributed by atoms with Gasteiger partial charge in [-0.05, 0) is 27.7 Å². The lowest BCUT2D eigenvalue weighted by Crippen LogP contribution is -2.47. The standard InChI is InChI=1S/C15H21N3O5/c1-5-22-13(20)11-7-17(14(21)23-15(2,3)4)12-10(9-19)6-16-18(12)8-11/h6,9,11H,5,7-8H2,1-4H3. The van der Waals surface area contributed by atoms with Gasteiger partial charge in [0.05, 0.1) is 30.8 Å². The second-order valence-corrected chi connectivity index (χ2v) is 6.26. The molecular formula is C15H21N3O5. The van der Waals surface area contributed by atoms with Crippen LogP contribution in [0.5, 0.6) is 0 Å². The lowest BCUT2D eigenvalue weighted by molar-refractivity contribution is -0.148. The zero-order valence-corrected chi connectivity index (χ0v) is 13.7. The Hall–Kier alpha value is -2.38. The average molecular weight is 323 g/mol. The van der Waals surface area contributed by atoms with Gasteiger partial charge in [0, 0.05) is 6.54 Å². The zero-order valence-electron chi connectivity index (χ0n) is 13.7. The maximum atomic E-state index is 12.5. The van der Waals surface area contributed by atoms with E-state index in [2.05, 4.69) is 5.10 Å². The molecule has 0 saturated heterocycles. The molecule has 0 fully saturated rings. The highest BCUT2D eigenvalue weighted by atomic mass is 16.6. The first-order valence-corrected chi connectivity index (χ1v) is 7.45. The first-order chi connectivity index (χ1) is 10.8. The fourth-order valence-electron chi connectivity index (χ4n) is 2.37. The van der Waals surface area contributed by atoms with Crippen LogP contribution in [0.4, 0.5) is 10.6 Å². The molecule has 23 heavy (non-hydrogen) atoms. The van der Waals surface area contributed by atoms with Crippen LogP contribution in [0.2, 0.25) is 0 Å². The fraction of sp³-hybridized carbons (Fsp3) is 0.600. The van der Waals surface area contributed by atoms with Gasteiger partial charge >= 0.3 is 12.1 Å². The Bertz CT molecular complexity index is 617. The predicted molar refractivity (Wildman–Crippen MR) is 81.3 cm³/mol. The van der Waals surface area contributed by atoms with E-state index in [1.165, 1.54) is 15.8 Å². The molecule has 1 aromatic heterocycles. The molecule has 1 aliphatic rings. The van der Waals surface area contributed by atoms with Gasteiger partial charge in [0.1, 0.15) is 11.4 Å². The van der Waals surface area contributed by atoms with E-state index in [1.54, 1.807) is 27.7 Å². The van der Waals surface area contributed by atoms with E-state index < -0.39 is 23.6 Å². The van der Waals surface area contributed by atoms with Gasteiger partial charge in [0.2, 0.25) is 0 Å². The zero-order chi connectivity index (χ0) is 17.2. The summed E-state index contributed by atoms with van der Waals surface area (Å²) in [5, 5.41) is 4.08. The van der Waals surface area contributed by atoms with Crippen LogP contribution in [0.1, 0.15) is 38.1 Å². The summed E-state index contributed by atoms with van der Waals surface area (Å²) in [6.45, 7) is 7.55. The van der Waals surface area contributed by atoms with Crippen LogP contribution >= 0.6 is 0 Å². The van der Waals surface area contributed by atoms with Gasteiger partial charge < -0.3 is 9.47 Å². The van der Waals surface area contributed by atoms with Crippen LogP contribution in [0.25, 0.3) is 0 Å². The fourth-order valence-corrected chi connectivity index (χ4v) is 2.37. The monoisotopic (exact) mass is 323 g/mol. The smallest absolute Gasteiger partial charge is 0.416 e. The summed E-state index contributed by atoms with van der Waals surface area (Å²) in [5.74, 6) is -0.626. The maximum absolute atomic E-state index is 12.5. The van der Waals surface area contributed by atoms with Crippen molar-refractivity contribution in [1.82, 2.24) is 9.78 Å². The molecule has 0 N–H and O–H groups in total. The lowest BCUT2D eigenvalue weighted by Gasteiger charge is -2.33. The van der Waals surface area contributed by atoms with E-state index in [1.807, 2.05) is 0 Å². The minimum absolute atomic E-state index is 0.0836. The Kier molecular flexibility index (Phi) is 4.72. The average Bonchev–Trinajstić information content (AvgIpc) is 2.87. The molecule has 2 heterocycles. The Morgan fingerprint density at radius 2 is 2.09 bits per heavy atom. The molecule has 1 aromatic rings. The molecule has 126 valence electrons. The first kappa shape index (κ1) is 17.0. The number of hydrogen-bond acceptors (Lipinski definition) is 6. The number of amides is 1. The van der Waals surface area contributed by atoms with Crippen LogP contribution in [0, 0.1) is 5.92 Å². The van der Waals surface area contributed by atoms with E-state index >= 15 is 0 Å². The second-order valence-electron chi connectivity index (χ2n) is 6.26. The van der Waals surface area contributed by atoms with E-state index in [4.69, 9.17) is 9.47 Å². The molecule has 1 aliphatic heterocycles. The second kappa shape index (κ2) is 6.39. The van der Waals surface area contributed by atoms with Crippen LogP contribution in [0.15, 0.2) is 6.20 Å². The summed E-state index contributed by atoms with van der Waals surface area (Å²) in [6, 6.07) is 0. The predicted octanol–water partition coefficient (Wildman–Crippen LogP) is 1.63. The van der Waals surface area contributed by atoms with Gasteiger partial charge in [-0.15, -0.1) is 0 Å². The third kappa shape index (κ3) is 3.69. The molecule has 8 nitrogen and oxygen atoms in total. The number of nitrogens with zero attached hydrogens (tertiary/aromatic N) is 3. The number of aldehydes is 1. The summed E-state index contributed by atoms with van der Waals surface area (Å²) < 4.78 is 11.9. The number of fused-ring (bicyclic) bond motifs is 1. The summed E-state index contributed by atoms with van der Waals surface area (Å²) in [5.41, 5.74) is -0.418. The number of anilines is 1. The molecule has 0 aromatic carbocycles. The van der Waals surface area contributed by atoms with E-state index in [-0.39, 0.29) is 25.3 Å². The number of rotatable bonds is 3. The summed E-state index contributed by atoms with van der Waals surface area (Å²) in [6.07, 6.45) is 1.37. The molecule has 1 amide bonds. The van der Waals surface area contributed by atoms with Crippen molar-refractivity contribution >= 4 is 24.2 Å². The quantitative estimate of drug-likeness (QED) is 0.620. The molecule has 0 radical (unpaired) electrons. The Balaban J connectivity index is 2.34. The van der Waals surface area contributed by atoms with Crippen molar-refractivity contribution in [2.24, 2.45) is 5.92 Å². The van der Waals surface area contributed by atoms with Gasteiger partial charge in [-0.1, -0.05) is 0 Å². The molecule has 0 aliphatic carbocycles. The van der Waals surface area contributed by atoms with Crippen molar-refractivity contribution in [2.45, 2.75) is 39.8 Å². The number of carbonyl (C=O) groups excluding carboxylic acids is 3. The highest BCUT2D eigenvalue weighted by molar-refractivity contribution is 5.95. The molecule has 8 heteroatoms. The number of hydrogen-bond donors (Lipinski definition) is 0. The number of ether oxygens (including phenoxy) is 2. The molecule has 0 spiro atoms. The lowest BCUT2D eigenvalue weighted by atomic mass is 10.1. The largest absolute Gasteiger partial charge is 0.466 e. The van der Waals surface area contributed by atoms with Crippen molar-refractivity contribution in [1.29, 1.82) is 0 Å². The minimum atomic E-state index is -0.694. The highest BCUT2D eigenvalue weighted by Crippen LogP contribution is 2.28. The van der Waals surface area contributed by atoms with Gasteiger partial charge in [-0.3, -0.25) is 14.5 Å². The van der Waals surface area contributed by atoms with E-state index in [9.17, 15) is 14.4 Å². The summed E-state index contributed by atoms with van der Waals surface area (Å²) >= 11 is 0. The third-order valence-electron chi connectivity index (χ3n) is 3.25. The number of aromatic nitrogens is 2. The Morgan fingerprint density at radius 3 is 2.65 bits per heavy atom. The van der Waals surface area contributed by atoms with Crippen molar-refractivity contribution < 1.29 is 23.9 Å².